The van der Waals surface area contributed by atoms with Crippen molar-refractivity contribution in [2.24, 2.45) is 0 Å². The van der Waals surface area contributed by atoms with E-state index in [0.29, 0.717) is 53.3 Å². The van der Waals surface area contributed by atoms with Gasteiger partial charge in [0.15, 0.2) is 23.0 Å². The number of rotatable bonds is 9. The van der Waals surface area contributed by atoms with Crippen LogP contribution in [0.25, 0.3) is 0 Å². The number of benzene rings is 2. The van der Waals surface area contributed by atoms with Gasteiger partial charge in [-0.1, -0.05) is 17.7 Å². The summed E-state index contributed by atoms with van der Waals surface area (Å²) in [6.45, 7) is 5.18. The van der Waals surface area contributed by atoms with Crippen LogP contribution < -0.4 is 18.9 Å². The van der Waals surface area contributed by atoms with E-state index in [1.54, 1.807) is 31.3 Å². The first-order valence-electron chi connectivity index (χ1n) is 8.99. The summed E-state index contributed by atoms with van der Waals surface area (Å²) in [5, 5.41) is 0.340. The Labute approximate surface area is 170 Å². The minimum absolute atomic E-state index is 0.152. The molecule has 152 valence electrons. The van der Waals surface area contributed by atoms with E-state index in [4.69, 9.17) is 30.5 Å². The summed E-state index contributed by atoms with van der Waals surface area (Å²) in [7, 11) is 4.69. The quantitative estimate of drug-likeness (QED) is 0.615. The van der Waals surface area contributed by atoms with Crippen molar-refractivity contribution >= 4 is 17.5 Å². The summed E-state index contributed by atoms with van der Waals surface area (Å²) in [6.07, 6.45) is 0. The topological polar surface area (TPSA) is 57.2 Å². The van der Waals surface area contributed by atoms with Crippen molar-refractivity contribution in [1.29, 1.82) is 0 Å². The fourth-order valence-corrected chi connectivity index (χ4v) is 3.10. The van der Waals surface area contributed by atoms with Crippen LogP contribution in [0.2, 0.25) is 5.02 Å². The number of carbonyl (C=O) groups excluding carboxylic acids is 1. The Bertz CT molecular complexity index is 825. The molecule has 0 bridgehead atoms. The number of halogens is 1. The average Bonchev–Trinajstić information content (AvgIpc) is 2.72. The SMILES string of the molecule is CCOc1c(Cl)cc(C(=O)N(CC)Cc2ccc(OC)c(OC)c2)cc1OC. The van der Waals surface area contributed by atoms with E-state index in [-0.39, 0.29) is 5.91 Å². The van der Waals surface area contributed by atoms with Gasteiger partial charge >= 0.3 is 0 Å². The highest BCUT2D eigenvalue weighted by molar-refractivity contribution is 6.32. The van der Waals surface area contributed by atoms with E-state index >= 15 is 0 Å². The third kappa shape index (κ3) is 4.81. The van der Waals surface area contributed by atoms with Gasteiger partial charge in [-0.25, -0.2) is 0 Å². The van der Waals surface area contributed by atoms with Crippen LogP contribution in [0.15, 0.2) is 30.3 Å². The number of amides is 1. The van der Waals surface area contributed by atoms with E-state index in [1.807, 2.05) is 32.0 Å². The number of methoxy groups -OCH3 is 3. The summed E-state index contributed by atoms with van der Waals surface area (Å²) in [5.41, 5.74) is 1.37. The molecule has 0 fully saturated rings. The lowest BCUT2D eigenvalue weighted by atomic mass is 10.1. The molecule has 0 radical (unpaired) electrons. The molecular formula is C21H26ClNO5. The van der Waals surface area contributed by atoms with Crippen LogP contribution >= 0.6 is 11.6 Å². The summed E-state index contributed by atoms with van der Waals surface area (Å²) in [4.78, 5) is 14.8. The fraction of sp³-hybridized carbons (Fsp3) is 0.381. The van der Waals surface area contributed by atoms with Crippen LogP contribution in [0, 0.1) is 0 Å². The fourth-order valence-electron chi connectivity index (χ4n) is 2.84. The van der Waals surface area contributed by atoms with Gasteiger partial charge in [0.05, 0.1) is 33.0 Å². The van der Waals surface area contributed by atoms with Crippen LogP contribution in [0.1, 0.15) is 29.8 Å². The minimum Gasteiger partial charge on any atom is -0.493 e. The highest BCUT2D eigenvalue weighted by Gasteiger charge is 2.20. The maximum atomic E-state index is 13.1. The van der Waals surface area contributed by atoms with Crippen LogP contribution in [-0.2, 0) is 6.54 Å². The van der Waals surface area contributed by atoms with Gasteiger partial charge in [-0.2, -0.15) is 0 Å². The van der Waals surface area contributed by atoms with Crippen molar-refractivity contribution in [3.8, 4) is 23.0 Å². The highest BCUT2D eigenvalue weighted by atomic mass is 35.5. The number of ether oxygens (including phenoxy) is 4. The molecule has 0 heterocycles. The lowest BCUT2D eigenvalue weighted by Gasteiger charge is -2.22. The Balaban J connectivity index is 2.29. The maximum Gasteiger partial charge on any atom is 0.254 e. The molecule has 0 atom stereocenters. The largest absolute Gasteiger partial charge is 0.493 e. The molecule has 7 heteroatoms. The van der Waals surface area contributed by atoms with Gasteiger partial charge in [-0.05, 0) is 43.7 Å². The molecule has 0 N–H and O–H groups in total. The summed E-state index contributed by atoms with van der Waals surface area (Å²) in [6, 6.07) is 8.85. The molecule has 0 saturated heterocycles. The first-order valence-corrected chi connectivity index (χ1v) is 9.37. The standard InChI is InChI=1S/C21H26ClNO5/c1-6-23(13-14-8-9-17(25-3)18(10-14)26-4)21(24)15-11-16(22)20(28-7-2)19(12-15)27-5/h8-12H,6-7,13H2,1-5H3. The van der Waals surface area contributed by atoms with Gasteiger partial charge in [0.25, 0.3) is 5.91 Å². The zero-order valence-corrected chi connectivity index (χ0v) is 17.6. The van der Waals surface area contributed by atoms with Gasteiger partial charge in [0.1, 0.15) is 0 Å². The van der Waals surface area contributed by atoms with Gasteiger partial charge in [-0.3, -0.25) is 4.79 Å². The van der Waals surface area contributed by atoms with Crippen molar-refractivity contribution in [3.63, 3.8) is 0 Å². The summed E-state index contributed by atoms with van der Waals surface area (Å²) < 4.78 is 21.5. The minimum atomic E-state index is -0.152. The molecule has 0 aliphatic heterocycles. The molecule has 28 heavy (non-hydrogen) atoms. The Morgan fingerprint density at radius 3 is 2.21 bits per heavy atom. The lowest BCUT2D eigenvalue weighted by molar-refractivity contribution is 0.0752. The van der Waals surface area contributed by atoms with Crippen molar-refractivity contribution < 1.29 is 23.7 Å². The van der Waals surface area contributed by atoms with E-state index < -0.39 is 0 Å². The molecule has 2 rings (SSSR count). The first-order chi connectivity index (χ1) is 13.5. The van der Waals surface area contributed by atoms with Crippen molar-refractivity contribution in [1.82, 2.24) is 4.90 Å². The van der Waals surface area contributed by atoms with Crippen LogP contribution in [0.3, 0.4) is 0 Å². The van der Waals surface area contributed by atoms with Crippen molar-refractivity contribution in [2.75, 3.05) is 34.5 Å². The molecule has 6 nitrogen and oxygen atoms in total. The summed E-state index contributed by atoms with van der Waals surface area (Å²) >= 11 is 6.31. The van der Waals surface area contributed by atoms with Gasteiger partial charge in [0.2, 0.25) is 0 Å². The predicted octanol–water partition coefficient (Wildman–Crippen LogP) is 4.43. The molecule has 0 aliphatic carbocycles. The number of hydrogen-bond acceptors (Lipinski definition) is 5. The summed E-state index contributed by atoms with van der Waals surface area (Å²) in [5.74, 6) is 1.98. The normalized spacial score (nSPS) is 10.4. The van der Waals surface area contributed by atoms with Crippen LogP contribution in [0.5, 0.6) is 23.0 Å². The molecule has 0 aromatic heterocycles. The van der Waals surface area contributed by atoms with E-state index in [2.05, 4.69) is 0 Å². The Hall–Kier alpha value is -2.60. The Kier molecular flexibility index (Phi) is 7.81. The van der Waals surface area contributed by atoms with E-state index in [1.165, 1.54) is 7.11 Å². The van der Waals surface area contributed by atoms with E-state index in [9.17, 15) is 4.79 Å². The molecule has 0 spiro atoms. The lowest BCUT2D eigenvalue weighted by Crippen LogP contribution is -2.30. The van der Waals surface area contributed by atoms with Crippen molar-refractivity contribution in [2.45, 2.75) is 20.4 Å². The third-order valence-electron chi connectivity index (χ3n) is 4.26. The van der Waals surface area contributed by atoms with Gasteiger partial charge in [0, 0.05) is 18.7 Å². The van der Waals surface area contributed by atoms with E-state index in [0.717, 1.165) is 5.56 Å². The highest BCUT2D eigenvalue weighted by Crippen LogP contribution is 2.37. The number of hydrogen-bond donors (Lipinski definition) is 0. The number of carbonyl (C=O) groups is 1. The molecule has 0 aliphatic rings. The maximum absolute atomic E-state index is 13.1. The van der Waals surface area contributed by atoms with Crippen LogP contribution in [-0.4, -0.2) is 45.3 Å². The molecule has 0 saturated carbocycles. The number of nitrogens with zero attached hydrogens (tertiary/aromatic N) is 1. The Morgan fingerprint density at radius 1 is 0.964 bits per heavy atom. The van der Waals surface area contributed by atoms with Crippen LogP contribution in [0.4, 0.5) is 0 Å². The molecule has 2 aromatic rings. The van der Waals surface area contributed by atoms with Crippen molar-refractivity contribution in [3.05, 3.63) is 46.5 Å². The zero-order valence-electron chi connectivity index (χ0n) is 16.9. The second-order valence-electron chi connectivity index (χ2n) is 5.93. The molecule has 1 amide bonds. The first kappa shape index (κ1) is 21.7. The second kappa shape index (κ2) is 10.1. The Morgan fingerprint density at radius 2 is 1.64 bits per heavy atom. The zero-order chi connectivity index (χ0) is 20.7. The van der Waals surface area contributed by atoms with Gasteiger partial charge in [-0.15, -0.1) is 0 Å². The molecule has 0 unspecified atom stereocenters. The molecular weight excluding hydrogens is 382 g/mol. The monoisotopic (exact) mass is 407 g/mol. The smallest absolute Gasteiger partial charge is 0.254 e. The second-order valence-corrected chi connectivity index (χ2v) is 6.34. The predicted molar refractivity (Wildman–Crippen MR) is 109 cm³/mol. The third-order valence-corrected chi connectivity index (χ3v) is 4.54. The van der Waals surface area contributed by atoms with Gasteiger partial charge < -0.3 is 23.8 Å². The average molecular weight is 408 g/mol. The molecule has 2 aromatic carbocycles.